The number of hydrogen-bond donors (Lipinski definition) is 1. The van der Waals surface area contributed by atoms with E-state index in [1.54, 1.807) is 4.90 Å². The quantitative estimate of drug-likeness (QED) is 0.908. The summed E-state index contributed by atoms with van der Waals surface area (Å²) >= 11 is 1.45. The average Bonchev–Trinajstić information content (AvgIpc) is 3.04. The highest BCUT2D eigenvalue weighted by Crippen LogP contribution is 2.44. The number of carboxylic acid groups (broad SMARTS) is 1. The van der Waals surface area contributed by atoms with Crippen LogP contribution in [-0.4, -0.2) is 44.8 Å². The topological polar surface area (TPSA) is 75.4 Å². The highest BCUT2D eigenvalue weighted by molar-refractivity contribution is 7.20. The average molecular weight is 361 g/mol. The number of rotatable bonds is 4. The van der Waals surface area contributed by atoms with Crippen LogP contribution in [0.1, 0.15) is 48.0 Å². The third-order valence-corrected chi connectivity index (χ3v) is 6.68. The van der Waals surface area contributed by atoms with Crippen molar-refractivity contribution in [2.75, 3.05) is 13.1 Å². The summed E-state index contributed by atoms with van der Waals surface area (Å²) in [6.07, 6.45) is 2.20. The van der Waals surface area contributed by atoms with Gasteiger partial charge in [-0.1, -0.05) is 13.8 Å². The van der Waals surface area contributed by atoms with Gasteiger partial charge in [0, 0.05) is 25.5 Å². The maximum atomic E-state index is 13.0. The molecule has 1 aliphatic carbocycles. The minimum atomic E-state index is -0.769. The number of aromatic nitrogens is 2. The number of likely N-dealkylation sites (tertiary alicyclic amines) is 1. The first kappa shape index (κ1) is 16.6. The maximum absolute atomic E-state index is 13.0. The van der Waals surface area contributed by atoms with Crippen LogP contribution in [0.25, 0.3) is 10.2 Å². The highest BCUT2D eigenvalue weighted by Gasteiger charge is 2.47. The molecule has 1 N–H and O–H groups in total. The molecule has 134 valence electrons. The molecular weight excluding hydrogens is 338 g/mol. The molecule has 2 aliphatic rings. The van der Waals surface area contributed by atoms with Crippen LogP contribution in [0.2, 0.25) is 0 Å². The second kappa shape index (κ2) is 5.83. The molecular formula is C18H23N3O3S. The molecule has 6 nitrogen and oxygen atoms in total. The van der Waals surface area contributed by atoms with Gasteiger partial charge in [-0.05, 0) is 36.7 Å². The predicted molar refractivity (Wildman–Crippen MR) is 95.9 cm³/mol. The van der Waals surface area contributed by atoms with E-state index >= 15 is 0 Å². The zero-order valence-corrected chi connectivity index (χ0v) is 15.5. The van der Waals surface area contributed by atoms with E-state index in [1.807, 2.05) is 17.8 Å². The predicted octanol–water partition coefficient (Wildman–Crippen LogP) is 2.94. The van der Waals surface area contributed by atoms with Crippen LogP contribution in [0.5, 0.6) is 0 Å². The Morgan fingerprint density at radius 2 is 2.04 bits per heavy atom. The smallest absolute Gasteiger partial charge is 0.308 e. The lowest BCUT2D eigenvalue weighted by atomic mass is 9.92. The Morgan fingerprint density at radius 1 is 1.32 bits per heavy atom. The second-order valence-electron chi connectivity index (χ2n) is 7.65. The van der Waals surface area contributed by atoms with Crippen LogP contribution in [0.4, 0.5) is 0 Å². The zero-order valence-electron chi connectivity index (χ0n) is 14.7. The Labute approximate surface area is 150 Å². The van der Waals surface area contributed by atoms with Crippen molar-refractivity contribution in [1.29, 1.82) is 0 Å². The van der Waals surface area contributed by atoms with Crippen molar-refractivity contribution < 1.29 is 14.7 Å². The van der Waals surface area contributed by atoms with Gasteiger partial charge in [-0.25, -0.2) is 0 Å². The van der Waals surface area contributed by atoms with Crippen LogP contribution in [0.15, 0.2) is 6.07 Å². The molecule has 0 unspecified atom stereocenters. The Bertz CT molecular complexity index is 849. The number of amides is 1. The van der Waals surface area contributed by atoms with E-state index in [0.717, 1.165) is 28.8 Å². The standard InChI is InChI=1S/C18H23N3O3S/c1-9(2)15-11-6-14(25-17(11)20(3)19-15)16(22)21-7-12(10-4-5-10)13(8-21)18(23)24/h6,9-10,12-13H,4-5,7-8H2,1-3H3,(H,23,24)/t12-,13+/m1/s1. The van der Waals surface area contributed by atoms with Crippen LogP contribution in [0.3, 0.4) is 0 Å². The van der Waals surface area contributed by atoms with Crippen molar-refractivity contribution in [2.45, 2.75) is 32.6 Å². The molecule has 1 amide bonds. The summed E-state index contributed by atoms with van der Waals surface area (Å²) in [7, 11) is 1.90. The third kappa shape index (κ3) is 2.74. The first-order chi connectivity index (χ1) is 11.9. The number of aliphatic carboxylic acids is 1. The van der Waals surface area contributed by atoms with Crippen LogP contribution in [0, 0.1) is 17.8 Å². The first-order valence-corrected chi connectivity index (χ1v) is 9.67. The molecule has 1 saturated carbocycles. The Morgan fingerprint density at radius 3 is 2.64 bits per heavy atom. The third-order valence-electron chi connectivity index (χ3n) is 5.49. The van der Waals surface area contributed by atoms with Gasteiger partial charge >= 0.3 is 5.97 Å². The van der Waals surface area contributed by atoms with Gasteiger partial charge < -0.3 is 10.0 Å². The number of carbonyl (C=O) groups excluding carboxylic acids is 1. The van der Waals surface area contributed by atoms with Crippen molar-refractivity contribution in [2.24, 2.45) is 24.8 Å². The molecule has 0 aromatic carbocycles. The molecule has 0 spiro atoms. The molecule has 2 aromatic rings. The fourth-order valence-corrected chi connectivity index (χ4v) is 5.06. The van der Waals surface area contributed by atoms with Gasteiger partial charge in [-0.3, -0.25) is 14.3 Å². The van der Waals surface area contributed by atoms with Crippen molar-refractivity contribution in [3.05, 3.63) is 16.6 Å². The highest BCUT2D eigenvalue weighted by atomic mass is 32.1. The Balaban J connectivity index is 1.62. The summed E-state index contributed by atoms with van der Waals surface area (Å²) < 4.78 is 1.84. The SMILES string of the molecule is CC(C)c1nn(C)c2sc(C(=O)N3C[C@H](C(=O)O)[C@@H](C4CC4)C3)cc12. The van der Waals surface area contributed by atoms with Gasteiger partial charge in [-0.15, -0.1) is 11.3 Å². The molecule has 2 fully saturated rings. The number of aryl methyl sites for hydroxylation is 1. The van der Waals surface area contributed by atoms with Gasteiger partial charge in [0.25, 0.3) is 5.91 Å². The summed E-state index contributed by atoms with van der Waals surface area (Å²) in [6.45, 7) is 5.10. The van der Waals surface area contributed by atoms with E-state index in [1.165, 1.54) is 11.3 Å². The molecule has 0 bridgehead atoms. The van der Waals surface area contributed by atoms with Crippen molar-refractivity contribution in [3.63, 3.8) is 0 Å². The monoisotopic (exact) mass is 361 g/mol. The van der Waals surface area contributed by atoms with Crippen molar-refractivity contribution in [1.82, 2.24) is 14.7 Å². The van der Waals surface area contributed by atoms with Crippen molar-refractivity contribution in [3.8, 4) is 0 Å². The van der Waals surface area contributed by atoms with Gasteiger partial charge in [0.15, 0.2) is 0 Å². The zero-order chi connectivity index (χ0) is 17.9. The van der Waals surface area contributed by atoms with Gasteiger partial charge in [-0.2, -0.15) is 5.10 Å². The van der Waals surface area contributed by atoms with Crippen LogP contribution in [-0.2, 0) is 11.8 Å². The van der Waals surface area contributed by atoms with Gasteiger partial charge in [0.2, 0.25) is 0 Å². The van der Waals surface area contributed by atoms with Gasteiger partial charge in [0.1, 0.15) is 4.83 Å². The van der Waals surface area contributed by atoms with E-state index < -0.39 is 11.9 Å². The molecule has 2 atom stereocenters. The number of carbonyl (C=O) groups is 2. The first-order valence-electron chi connectivity index (χ1n) is 8.85. The summed E-state index contributed by atoms with van der Waals surface area (Å²) in [6, 6.07) is 1.94. The van der Waals surface area contributed by atoms with Gasteiger partial charge in [0.05, 0.1) is 16.5 Å². The van der Waals surface area contributed by atoms with E-state index in [4.69, 9.17) is 0 Å². The summed E-state index contributed by atoms with van der Waals surface area (Å²) in [5.41, 5.74) is 1.01. The lowest BCUT2D eigenvalue weighted by Gasteiger charge is -2.15. The van der Waals surface area contributed by atoms with E-state index in [-0.39, 0.29) is 11.8 Å². The van der Waals surface area contributed by atoms with Crippen LogP contribution >= 0.6 is 11.3 Å². The van der Waals surface area contributed by atoms with Crippen molar-refractivity contribution >= 4 is 33.4 Å². The largest absolute Gasteiger partial charge is 0.481 e. The van der Waals surface area contributed by atoms with E-state index in [0.29, 0.717) is 29.8 Å². The number of thiophene rings is 1. The molecule has 4 rings (SSSR count). The molecule has 0 radical (unpaired) electrons. The Hall–Kier alpha value is -1.89. The number of fused-ring (bicyclic) bond motifs is 1. The fraction of sp³-hybridized carbons (Fsp3) is 0.611. The molecule has 7 heteroatoms. The lowest BCUT2D eigenvalue weighted by molar-refractivity contribution is -0.142. The molecule has 3 heterocycles. The lowest BCUT2D eigenvalue weighted by Crippen LogP contribution is -2.29. The summed E-state index contributed by atoms with van der Waals surface area (Å²) in [5.74, 6) is -0.329. The number of hydrogen-bond acceptors (Lipinski definition) is 4. The summed E-state index contributed by atoms with van der Waals surface area (Å²) in [5, 5.41) is 15.1. The molecule has 2 aromatic heterocycles. The summed E-state index contributed by atoms with van der Waals surface area (Å²) in [4.78, 5) is 28.0. The molecule has 25 heavy (non-hydrogen) atoms. The number of carboxylic acids is 1. The van der Waals surface area contributed by atoms with E-state index in [9.17, 15) is 14.7 Å². The normalized spacial score (nSPS) is 23.8. The minimum absolute atomic E-state index is 0.0368. The number of nitrogens with zero attached hydrogens (tertiary/aromatic N) is 3. The maximum Gasteiger partial charge on any atom is 0.308 e. The van der Waals surface area contributed by atoms with Crippen LogP contribution < -0.4 is 0 Å². The Kier molecular flexibility index (Phi) is 3.86. The minimum Gasteiger partial charge on any atom is -0.481 e. The fourth-order valence-electron chi connectivity index (χ4n) is 4.01. The molecule has 1 aliphatic heterocycles. The molecule has 1 saturated heterocycles. The second-order valence-corrected chi connectivity index (χ2v) is 8.68. The van der Waals surface area contributed by atoms with E-state index in [2.05, 4.69) is 18.9 Å².